The van der Waals surface area contributed by atoms with Gasteiger partial charge in [-0.2, -0.15) is 4.31 Å². The van der Waals surface area contributed by atoms with E-state index in [1.807, 2.05) is 0 Å². The molecule has 0 aliphatic carbocycles. The van der Waals surface area contributed by atoms with Crippen molar-refractivity contribution >= 4 is 44.8 Å². The van der Waals surface area contributed by atoms with E-state index >= 15 is 0 Å². The first-order valence-electron chi connectivity index (χ1n) is 8.50. The molecule has 0 aromatic heterocycles. The van der Waals surface area contributed by atoms with E-state index < -0.39 is 10.0 Å². The molecule has 9 heteroatoms. The Hall–Kier alpha value is -1.64. The minimum absolute atomic E-state index is 0.173. The van der Waals surface area contributed by atoms with Crippen molar-refractivity contribution in [3.8, 4) is 0 Å². The molecule has 1 amide bonds. The van der Waals surface area contributed by atoms with Gasteiger partial charge in [-0.15, -0.1) is 0 Å². The van der Waals surface area contributed by atoms with Crippen molar-refractivity contribution in [1.82, 2.24) is 4.31 Å². The first-order valence-corrected chi connectivity index (χ1v) is 10.7. The highest BCUT2D eigenvalue weighted by molar-refractivity contribution is 7.89. The summed E-state index contributed by atoms with van der Waals surface area (Å²) in [5.41, 5.74) is 0.510. The molecule has 2 aromatic rings. The van der Waals surface area contributed by atoms with Gasteiger partial charge in [-0.1, -0.05) is 41.4 Å². The van der Waals surface area contributed by atoms with E-state index in [0.717, 1.165) is 4.90 Å². The standard InChI is InChI=1S/C18H19Cl2N3O3S/c19-14-6-7-17(16(20)12-14)21-18(24)13-22-8-10-23(11-9-22)27(25,26)15-4-2-1-3-5-15/h1-7,12H,8-11,13H2,(H,21,24)/p+1. The summed E-state index contributed by atoms with van der Waals surface area (Å²) in [6.07, 6.45) is 0. The molecule has 0 unspecified atom stereocenters. The number of anilines is 1. The maximum atomic E-state index is 12.6. The molecule has 144 valence electrons. The quantitative estimate of drug-likeness (QED) is 0.758. The van der Waals surface area contributed by atoms with Gasteiger partial charge in [0.15, 0.2) is 6.54 Å². The van der Waals surface area contributed by atoms with Crippen LogP contribution in [0.25, 0.3) is 0 Å². The van der Waals surface area contributed by atoms with Crippen molar-refractivity contribution in [2.24, 2.45) is 0 Å². The van der Waals surface area contributed by atoms with Gasteiger partial charge in [0.2, 0.25) is 10.0 Å². The minimum Gasteiger partial charge on any atom is -0.325 e. The summed E-state index contributed by atoms with van der Waals surface area (Å²) in [6.45, 7) is 2.13. The Morgan fingerprint density at radius 2 is 1.74 bits per heavy atom. The van der Waals surface area contributed by atoms with Crippen LogP contribution >= 0.6 is 23.2 Å². The number of hydrogen-bond donors (Lipinski definition) is 2. The average molecular weight is 429 g/mol. The van der Waals surface area contributed by atoms with E-state index in [1.54, 1.807) is 48.5 Å². The molecule has 0 radical (unpaired) electrons. The maximum absolute atomic E-state index is 12.6. The number of hydrogen-bond acceptors (Lipinski definition) is 3. The second kappa shape index (κ2) is 8.58. The van der Waals surface area contributed by atoms with Gasteiger partial charge >= 0.3 is 0 Å². The van der Waals surface area contributed by atoms with Crippen LogP contribution in [0.5, 0.6) is 0 Å². The van der Waals surface area contributed by atoms with E-state index in [1.165, 1.54) is 4.31 Å². The second-order valence-electron chi connectivity index (χ2n) is 6.32. The highest BCUT2D eigenvalue weighted by atomic mass is 35.5. The Bertz CT molecular complexity index is 915. The van der Waals surface area contributed by atoms with Gasteiger partial charge in [0.25, 0.3) is 5.91 Å². The Labute approximate surface area is 168 Å². The number of quaternary nitrogens is 1. The third kappa shape index (κ3) is 5.00. The van der Waals surface area contributed by atoms with E-state index in [9.17, 15) is 13.2 Å². The van der Waals surface area contributed by atoms with Crippen molar-refractivity contribution in [2.45, 2.75) is 4.90 Å². The van der Waals surface area contributed by atoms with Crippen molar-refractivity contribution in [3.63, 3.8) is 0 Å². The van der Waals surface area contributed by atoms with Crippen LogP contribution in [-0.4, -0.2) is 51.4 Å². The third-order valence-corrected chi connectivity index (χ3v) is 6.89. The molecule has 27 heavy (non-hydrogen) atoms. The first kappa shape index (κ1) is 20.1. The maximum Gasteiger partial charge on any atom is 0.279 e. The van der Waals surface area contributed by atoms with Crippen LogP contribution in [0, 0.1) is 0 Å². The summed E-state index contributed by atoms with van der Waals surface area (Å²) in [4.78, 5) is 13.6. The zero-order chi connectivity index (χ0) is 19.4. The van der Waals surface area contributed by atoms with Crippen molar-refractivity contribution in [3.05, 3.63) is 58.6 Å². The lowest BCUT2D eigenvalue weighted by Crippen LogP contribution is -3.15. The molecular weight excluding hydrogens is 409 g/mol. The lowest BCUT2D eigenvalue weighted by molar-refractivity contribution is -0.895. The van der Waals surface area contributed by atoms with Crippen molar-refractivity contribution < 1.29 is 18.1 Å². The SMILES string of the molecule is O=C(C[NH+]1CCN(S(=O)(=O)c2ccccc2)CC1)Nc1ccc(Cl)cc1Cl. The van der Waals surface area contributed by atoms with E-state index in [2.05, 4.69) is 5.32 Å². The molecule has 0 atom stereocenters. The number of nitrogens with one attached hydrogen (secondary N) is 2. The molecule has 2 aromatic carbocycles. The van der Waals surface area contributed by atoms with Gasteiger partial charge in [-0.05, 0) is 30.3 Å². The summed E-state index contributed by atoms with van der Waals surface area (Å²) < 4.78 is 26.7. The van der Waals surface area contributed by atoms with Crippen LogP contribution in [0.2, 0.25) is 10.0 Å². The Balaban J connectivity index is 1.54. The molecule has 1 aliphatic rings. The highest BCUT2D eigenvalue weighted by Crippen LogP contribution is 2.25. The molecular formula is C18H20Cl2N3O3S+. The number of sulfonamides is 1. The number of piperazine rings is 1. The highest BCUT2D eigenvalue weighted by Gasteiger charge is 2.31. The zero-order valence-corrected chi connectivity index (χ0v) is 16.8. The molecule has 1 saturated heterocycles. The summed E-state index contributed by atoms with van der Waals surface area (Å²) in [5, 5.41) is 3.65. The lowest BCUT2D eigenvalue weighted by atomic mass is 10.3. The molecule has 6 nitrogen and oxygen atoms in total. The number of nitrogens with zero attached hydrogens (tertiary/aromatic N) is 1. The van der Waals surface area contributed by atoms with Gasteiger partial charge in [0.1, 0.15) is 0 Å². The van der Waals surface area contributed by atoms with E-state index in [4.69, 9.17) is 23.2 Å². The van der Waals surface area contributed by atoms with Crippen LogP contribution in [0.4, 0.5) is 5.69 Å². The number of amides is 1. The molecule has 0 bridgehead atoms. The van der Waals surface area contributed by atoms with Crippen LogP contribution in [0.15, 0.2) is 53.4 Å². The smallest absolute Gasteiger partial charge is 0.279 e. The lowest BCUT2D eigenvalue weighted by Gasteiger charge is -2.31. The van der Waals surface area contributed by atoms with E-state index in [0.29, 0.717) is 46.8 Å². The van der Waals surface area contributed by atoms with Crippen molar-refractivity contribution in [1.29, 1.82) is 0 Å². The van der Waals surface area contributed by atoms with Crippen LogP contribution in [-0.2, 0) is 14.8 Å². The van der Waals surface area contributed by atoms with Gasteiger partial charge in [0, 0.05) is 5.02 Å². The fraction of sp³-hybridized carbons (Fsp3) is 0.278. The first-order chi connectivity index (χ1) is 12.9. The van der Waals surface area contributed by atoms with Gasteiger partial charge in [0.05, 0.1) is 41.8 Å². The zero-order valence-electron chi connectivity index (χ0n) is 14.5. The summed E-state index contributed by atoms with van der Waals surface area (Å²) in [6, 6.07) is 13.3. The molecule has 3 rings (SSSR count). The molecule has 2 N–H and O–H groups in total. The van der Waals surface area contributed by atoms with Crippen molar-refractivity contribution in [2.75, 3.05) is 38.0 Å². The summed E-state index contributed by atoms with van der Waals surface area (Å²) >= 11 is 11.9. The molecule has 1 heterocycles. The van der Waals surface area contributed by atoms with E-state index in [-0.39, 0.29) is 12.5 Å². The monoisotopic (exact) mass is 428 g/mol. The fourth-order valence-electron chi connectivity index (χ4n) is 2.97. The number of benzene rings is 2. The molecule has 0 saturated carbocycles. The molecule has 1 fully saturated rings. The van der Waals surface area contributed by atoms with Crippen LogP contribution in [0.1, 0.15) is 0 Å². The average Bonchev–Trinajstić information content (AvgIpc) is 2.65. The Morgan fingerprint density at radius 3 is 2.37 bits per heavy atom. The van der Waals surface area contributed by atoms with Crippen LogP contribution < -0.4 is 10.2 Å². The summed E-state index contributed by atoms with van der Waals surface area (Å²) in [7, 11) is -3.48. The molecule has 1 aliphatic heterocycles. The van der Waals surface area contributed by atoms with Crippen LogP contribution in [0.3, 0.4) is 0 Å². The van der Waals surface area contributed by atoms with Gasteiger partial charge < -0.3 is 10.2 Å². The number of rotatable bonds is 5. The number of halogens is 2. The Kier molecular flexibility index (Phi) is 6.39. The van der Waals surface area contributed by atoms with Gasteiger partial charge in [-0.25, -0.2) is 8.42 Å². The normalized spacial score (nSPS) is 16.2. The topological polar surface area (TPSA) is 70.9 Å². The third-order valence-electron chi connectivity index (χ3n) is 4.43. The largest absolute Gasteiger partial charge is 0.325 e. The number of carbonyl (C=O) groups is 1. The molecule has 0 spiro atoms. The summed E-state index contributed by atoms with van der Waals surface area (Å²) in [5.74, 6) is -0.173. The Morgan fingerprint density at radius 1 is 1.07 bits per heavy atom. The fourth-order valence-corrected chi connectivity index (χ4v) is 4.89. The minimum atomic E-state index is -3.48. The second-order valence-corrected chi connectivity index (χ2v) is 9.10. The predicted molar refractivity (Wildman–Crippen MR) is 106 cm³/mol. The number of carbonyl (C=O) groups excluding carboxylic acids is 1. The predicted octanol–water partition coefficient (Wildman–Crippen LogP) is 1.52. The van der Waals surface area contributed by atoms with Gasteiger partial charge in [-0.3, -0.25) is 4.79 Å².